The summed E-state index contributed by atoms with van der Waals surface area (Å²) in [6.07, 6.45) is 1.63. The van der Waals surface area contributed by atoms with E-state index >= 15 is 0 Å². The number of anilines is 3. The first kappa shape index (κ1) is 11.7. The number of pyridine rings is 1. The van der Waals surface area contributed by atoms with Gasteiger partial charge in [0.15, 0.2) is 5.82 Å². The van der Waals surface area contributed by atoms with Crippen LogP contribution in [0.3, 0.4) is 0 Å². The van der Waals surface area contributed by atoms with Crippen molar-refractivity contribution in [1.82, 2.24) is 4.98 Å². The quantitative estimate of drug-likeness (QED) is 0.859. The third-order valence-electron chi connectivity index (χ3n) is 2.39. The van der Waals surface area contributed by atoms with Crippen LogP contribution in [0.4, 0.5) is 21.6 Å². The third-order valence-corrected chi connectivity index (χ3v) is 2.72. The summed E-state index contributed by atoms with van der Waals surface area (Å²) in [6.45, 7) is 1.87. The second-order valence-corrected chi connectivity index (χ2v) is 4.05. The van der Waals surface area contributed by atoms with Crippen molar-refractivity contribution >= 4 is 28.8 Å². The molecule has 0 radical (unpaired) electrons. The van der Waals surface area contributed by atoms with E-state index in [9.17, 15) is 4.39 Å². The smallest absolute Gasteiger partial charge is 0.153 e. The fraction of sp³-hybridized carbons (Fsp3) is 0.0833. The van der Waals surface area contributed by atoms with Crippen LogP contribution >= 0.6 is 11.6 Å². The monoisotopic (exact) mass is 251 g/mol. The fourth-order valence-electron chi connectivity index (χ4n) is 1.39. The van der Waals surface area contributed by atoms with E-state index in [1.54, 1.807) is 12.3 Å². The lowest BCUT2D eigenvalue weighted by molar-refractivity contribution is 0.628. The van der Waals surface area contributed by atoms with Gasteiger partial charge in [-0.1, -0.05) is 11.6 Å². The summed E-state index contributed by atoms with van der Waals surface area (Å²) in [5, 5.41) is 3.33. The number of halogens is 2. The number of hydrogen-bond acceptors (Lipinski definition) is 3. The van der Waals surface area contributed by atoms with Gasteiger partial charge in [-0.3, -0.25) is 0 Å². The van der Waals surface area contributed by atoms with Crippen LogP contribution in [0.25, 0.3) is 0 Å². The SMILES string of the molecule is Cc1ccnc(Nc2cc(F)ccc2Cl)c1N. The van der Waals surface area contributed by atoms with Crippen LogP contribution < -0.4 is 11.1 Å². The number of nitrogens with one attached hydrogen (secondary N) is 1. The molecule has 0 aliphatic rings. The Morgan fingerprint density at radius 2 is 2.12 bits per heavy atom. The van der Waals surface area contributed by atoms with Crippen molar-refractivity contribution in [3.63, 3.8) is 0 Å². The Morgan fingerprint density at radius 3 is 2.88 bits per heavy atom. The minimum Gasteiger partial charge on any atom is -0.396 e. The van der Waals surface area contributed by atoms with Gasteiger partial charge in [0.05, 0.1) is 16.4 Å². The highest BCUT2D eigenvalue weighted by atomic mass is 35.5. The van der Waals surface area contributed by atoms with E-state index in [-0.39, 0.29) is 5.82 Å². The number of benzene rings is 1. The minimum atomic E-state index is -0.372. The average Bonchev–Trinajstić information content (AvgIpc) is 2.30. The number of rotatable bonds is 2. The summed E-state index contributed by atoms with van der Waals surface area (Å²) >= 11 is 5.94. The van der Waals surface area contributed by atoms with Gasteiger partial charge >= 0.3 is 0 Å². The predicted octanol–water partition coefficient (Wildman–Crippen LogP) is 3.51. The summed E-state index contributed by atoms with van der Waals surface area (Å²) in [6, 6.07) is 5.87. The summed E-state index contributed by atoms with van der Waals surface area (Å²) in [7, 11) is 0. The Hall–Kier alpha value is -1.81. The maximum Gasteiger partial charge on any atom is 0.153 e. The van der Waals surface area contributed by atoms with E-state index in [0.29, 0.717) is 22.2 Å². The Balaban J connectivity index is 2.38. The zero-order chi connectivity index (χ0) is 12.4. The number of nitrogen functional groups attached to an aromatic ring is 1. The lowest BCUT2D eigenvalue weighted by Crippen LogP contribution is -2.01. The summed E-state index contributed by atoms with van der Waals surface area (Å²) in [5.74, 6) is 0.0978. The van der Waals surface area contributed by atoms with E-state index in [1.807, 2.05) is 6.92 Å². The standard InChI is InChI=1S/C12H11ClFN3/c1-7-4-5-16-12(11(7)15)17-10-6-8(14)2-3-9(10)13/h2-6H,15H2,1H3,(H,16,17). The molecule has 17 heavy (non-hydrogen) atoms. The molecule has 0 unspecified atom stereocenters. The molecule has 0 fully saturated rings. The van der Waals surface area contributed by atoms with Crippen LogP contribution in [0, 0.1) is 12.7 Å². The zero-order valence-electron chi connectivity index (χ0n) is 9.17. The molecule has 88 valence electrons. The van der Waals surface area contributed by atoms with Gasteiger partial charge in [0.25, 0.3) is 0 Å². The molecule has 0 aliphatic heterocycles. The van der Waals surface area contributed by atoms with Crippen LogP contribution in [-0.4, -0.2) is 4.98 Å². The second-order valence-electron chi connectivity index (χ2n) is 3.64. The molecule has 3 nitrogen and oxygen atoms in total. The Bertz CT molecular complexity index is 557. The van der Waals surface area contributed by atoms with Crippen molar-refractivity contribution in [2.45, 2.75) is 6.92 Å². The van der Waals surface area contributed by atoms with Crippen molar-refractivity contribution in [2.75, 3.05) is 11.1 Å². The van der Waals surface area contributed by atoms with Crippen molar-refractivity contribution in [1.29, 1.82) is 0 Å². The summed E-state index contributed by atoms with van der Waals surface area (Å²) in [4.78, 5) is 4.09. The van der Waals surface area contributed by atoms with Gasteiger partial charge in [-0.2, -0.15) is 0 Å². The molecule has 0 atom stereocenters. The zero-order valence-corrected chi connectivity index (χ0v) is 9.92. The first-order valence-electron chi connectivity index (χ1n) is 5.01. The van der Waals surface area contributed by atoms with E-state index in [4.69, 9.17) is 17.3 Å². The number of aromatic nitrogens is 1. The molecule has 2 aromatic rings. The highest BCUT2D eigenvalue weighted by molar-refractivity contribution is 6.33. The van der Waals surface area contributed by atoms with Crippen LogP contribution in [0.15, 0.2) is 30.5 Å². The van der Waals surface area contributed by atoms with Gasteiger partial charge in [-0.05, 0) is 36.8 Å². The van der Waals surface area contributed by atoms with E-state index in [0.717, 1.165) is 5.56 Å². The molecule has 0 aliphatic carbocycles. The molecular weight excluding hydrogens is 241 g/mol. The molecule has 0 saturated heterocycles. The van der Waals surface area contributed by atoms with Crippen LogP contribution in [0.5, 0.6) is 0 Å². The number of aryl methyl sites for hydroxylation is 1. The predicted molar refractivity (Wildman–Crippen MR) is 68.1 cm³/mol. The van der Waals surface area contributed by atoms with Gasteiger partial charge in [0.1, 0.15) is 5.82 Å². The first-order valence-corrected chi connectivity index (χ1v) is 5.39. The Labute approximate surface area is 103 Å². The topological polar surface area (TPSA) is 50.9 Å². The number of nitrogens with two attached hydrogens (primary N) is 1. The molecular formula is C12H11ClFN3. The molecule has 3 N–H and O–H groups in total. The molecule has 1 aromatic carbocycles. The van der Waals surface area contributed by atoms with E-state index in [2.05, 4.69) is 10.3 Å². The van der Waals surface area contributed by atoms with Crippen molar-refractivity contribution in [2.24, 2.45) is 0 Å². The maximum absolute atomic E-state index is 13.1. The van der Waals surface area contributed by atoms with Gasteiger partial charge in [0, 0.05) is 6.20 Å². The highest BCUT2D eigenvalue weighted by Gasteiger charge is 2.07. The normalized spacial score (nSPS) is 10.3. The van der Waals surface area contributed by atoms with Crippen molar-refractivity contribution in [3.8, 4) is 0 Å². The second kappa shape index (κ2) is 4.59. The highest BCUT2D eigenvalue weighted by Crippen LogP contribution is 2.28. The van der Waals surface area contributed by atoms with Crippen LogP contribution in [0.2, 0.25) is 5.02 Å². The van der Waals surface area contributed by atoms with Crippen molar-refractivity contribution in [3.05, 3.63) is 46.9 Å². The largest absolute Gasteiger partial charge is 0.396 e. The fourth-order valence-corrected chi connectivity index (χ4v) is 1.55. The molecule has 1 heterocycles. The lowest BCUT2D eigenvalue weighted by Gasteiger charge is -2.11. The maximum atomic E-state index is 13.1. The minimum absolute atomic E-state index is 0.372. The Kier molecular flexibility index (Phi) is 3.15. The average molecular weight is 252 g/mol. The van der Waals surface area contributed by atoms with Crippen LogP contribution in [-0.2, 0) is 0 Å². The van der Waals surface area contributed by atoms with E-state index in [1.165, 1.54) is 18.2 Å². The molecule has 0 saturated carbocycles. The van der Waals surface area contributed by atoms with Crippen LogP contribution in [0.1, 0.15) is 5.56 Å². The van der Waals surface area contributed by atoms with Gasteiger partial charge in [0.2, 0.25) is 0 Å². The van der Waals surface area contributed by atoms with Crippen molar-refractivity contribution < 1.29 is 4.39 Å². The Morgan fingerprint density at radius 1 is 1.35 bits per heavy atom. The van der Waals surface area contributed by atoms with E-state index < -0.39 is 0 Å². The molecule has 0 bridgehead atoms. The molecule has 0 spiro atoms. The summed E-state index contributed by atoms with van der Waals surface area (Å²) < 4.78 is 13.1. The summed E-state index contributed by atoms with van der Waals surface area (Å²) in [5.41, 5.74) is 7.72. The number of nitrogens with zero attached hydrogens (tertiary/aromatic N) is 1. The third kappa shape index (κ3) is 2.47. The van der Waals surface area contributed by atoms with Gasteiger partial charge < -0.3 is 11.1 Å². The molecule has 2 rings (SSSR count). The van der Waals surface area contributed by atoms with Gasteiger partial charge in [-0.25, -0.2) is 9.37 Å². The first-order chi connectivity index (χ1) is 8.08. The molecule has 5 heteroatoms. The lowest BCUT2D eigenvalue weighted by atomic mass is 10.2. The molecule has 1 aromatic heterocycles. The van der Waals surface area contributed by atoms with Gasteiger partial charge in [-0.15, -0.1) is 0 Å². The molecule has 0 amide bonds. The number of hydrogen-bond donors (Lipinski definition) is 2.